The minimum Gasteiger partial charge on any atom is -0.381 e. The van der Waals surface area contributed by atoms with Crippen LogP contribution in [0.5, 0.6) is 0 Å². The monoisotopic (exact) mass is 308 g/mol. The van der Waals surface area contributed by atoms with Crippen molar-refractivity contribution in [2.75, 3.05) is 46.4 Å². The quantitative estimate of drug-likeness (QED) is 0.618. The number of aliphatic imine (C=N–C) groups is 1. The molecular weight excluding hydrogens is 276 g/mol. The van der Waals surface area contributed by atoms with Crippen molar-refractivity contribution in [2.24, 2.45) is 10.4 Å². The van der Waals surface area contributed by atoms with Crippen molar-refractivity contribution >= 4 is 5.96 Å². The summed E-state index contributed by atoms with van der Waals surface area (Å²) in [6, 6.07) is 1.47. The second-order valence-electron chi connectivity index (χ2n) is 7.51. The van der Waals surface area contributed by atoms with Gasteiger partial charge in [0.25, 0.3) is 0 Å². The average molecular weight is 308 g/mol. The van der Waals surface area contributed by atoms with Gasteiger partial charge in [0.05, 0.1) is 6.61 Å². The van der Waals surface area contributed by atoms with E-state index in [9.17, 15) is 0 Å². The Kier molecular flexibility index (Phi) is 4.93. The molecule has 5 heteroatoms. The predicted octanol–water partition coefficient (Wildman–Crippen LogP) is 1.55. The van der Waals surface area contributed by atoms with Crippen LogP contribution in [-0.4, -0.2) is 74.3 Å². The summed E-state index contributed by atoms with van der Waals surface area (Å²) in [5, 5.41) is 3.58. The maximum atomic E-state index is 5.62. The fraction of sp³-hybridized carbons (Fsp3) is 0.941. The number of likely N-dealkylation sites (tertiary alicyclic amines) is 1. The van der Waals surface area contributed by atoms with Crippen molar-refractivity contribution in [2.45, 2.75) is 51.6 Å². The van der Waals surface area contributed by atoms with E-state index in [1.54, 1.807) is 0 Å². The molecule has 5 nitrogen and oxygen atoms in total. The second-order valence-corrected chi connectivity index (χ2v) is 7.51. The molecule has 1 saturated carbocycles. The van der Waals surface area contributed by atoms with Gasteiger partial charge in [0.2, 0.25) is 0 Å². The lowest BCUT2D eigenvalue weighted by Gasteiger charge is -2.28. The zero-order chi connectivity index (χ0) is 15.6. The average Bonchev–Trinajstić information content (AvgIpc) is 3.09. The molecule has 3 aliphatic rings. The minimum atomic E-state index is 0.398. The lowest BCUT2D eigenvalue weighted by molar-refractivity contribution is 0.156. The molecule has 0 aromatic carbocycles. The molecular formula is C17H32N4O. The van der Waals surface area contributed by atoms with Crippen molar-refractivity contribution in [1.29, 1.82) is 0 Å². The van der Waals surface area contributed by atoms with Gasteiger partial charge in [-0.25, -0.2) is 0 Å². The lowest BCUT2D eigenvalue weighted by atomic mass is 9.87. The third-order valence-corrected chi connectivity index (χ3v) is 5.47. The van der Waals surface area contributed by atoms with Gasteiger partial charge in [0.1, 0.15) is 0 Å². The van der Waals surface area contributed by atoms with E-state index in [1.807, 2.05) is 7.05 Å². The summed E-state index contributed by atoms with van der Waals surface area (Å²) < 4.78 is 5.62. The van der Waals surface area contributed by atoms with Crippen molar-refractivity contribution < 1.29 is 4.74 Å². The highest BCUT2D eigenvalue weighted by molar-refractivity contribution is 5.80. The molecule has 0 bridgehead atoms. The molecule has 22 heavy (non-hydrogen) atoms. The minimum absolute atomic E-state index is 0.398. The van der Waals surface area contributed by atoms with Crippen LogP contribution in [0, 0.1) is 5.41 Å². The van der Waals surface area contributed by atoms with Crippen molar-refractivity contribution in [1.82, 2.24) is 15.1 Å². The van der Waals surface area contributed by atoms with Gasteiger partial charge in [-0.3, -0.25) is 9.89 Å². The van der Waals surface area contributed by atoms with Crippen LogP contribution in [0.2, 0.25) is 0 Å². The molecule has 3 fully saturated rings. The first kappa shape index (κ1) is 16.1. The summed E-state index contributed by atoms with van der Waals surface area (Å²) in [5.41, 5.74) is 0.398. The zero-order valence-corrected chi connectivity index (χ0v) is 14.5. The highest BCUT2D eigenvalue weighted by Crippen LogP contribution is 2.38. The van der Waals surface area contributed by atoms with Crippen LogP contribution in [0.4, 0.5) is 0 Å². The van der Waals surface area contributed by atoms with Crippen LogP contribution < -0.4 is 5.32 Å². The Bertz CT molecular complexity index is 397. The third-order valence-electron chi connectivity index (χ3n) is 5.47. The Morgan fingerprint density at radius 2 is 2.23 bits per heavy atom. The van der Waals surface area contributed by atoms with Gasteiger partial charge in [0.15, 0.2) is 5.96 Å². The van der Waals surface area contributed by atoms with E-state index in [0.29, 0.717) is 11.5 Å². The number of nitrogens with zero attached hydrogens (tertiary/aromatic N) is 3. The summed E-state index contributed by atoms with van der Waals surface area (Å²) in [6.07, 6.45) is 5.21. The molecule has 0 aromatic heterocycles. The molecule has 1 atom stereocenters. The van der Waals surface area contributed by atoms with Crippen LogP contribution in [0.15, 0.2) is 4.99 Å². The first-order valence-corrected chi connectivity index (χ1v) is 8.93. The Morgan fingerprint density at radius 1 is 1.41 bits per heavy atom. The summed E-state index contributed by atoms with van der Waals surface area (Å²) >= 11 is 0. The van der Waals surface area contributed by atoms with Crippen LogP contribution in [0.1, 0.15) is 39.5 Å². The van der Waals surface area contributed by atoms with Crippen LogP contribution in [0.3, 0.4) is 0 Å². The van der Waals surface area contributed by atoms with E-state index in [4.69, 9.17) is 4.74 Å². The van der Waals surface area contributed by atoms with Crippen molar-refractivity contribution in [3.63, 3.8) is 0 Å². The van der Waals surface area contributed by atoms with Gasteiger partial charge in [-0.15, -0.1) is 0 Å². The largest absolute Gasteiger partial charge is 0.381 e. The molecule has 126 valence electrons. The molecule has 0 radical (unpaired) electrons. The summed E-state index contributed by atoms with van der Waals surface area (Å²) in [4.78, 5) is 9.54. The third kappa shape index (κ3) is 3.57. The van der Waals surface area contributed by atoms with Gasteiger partial charge in [-0.05, 0) is 39.5 Å². The molecule has 0 amide bonds. The predicted molar refractivity (Wildman–Crippen MR) is 90.3 cm³/mol. The van der Waals surface area contributed by atoms with E-state index >= 15 is 0 Å². The second kappa shape index (κ2) is 6.75. The van der Waals surface area contributed by atoms with E-state index in [0.717, 1.165) is 51.4 Å². The summed E-state index contributed by atoms with van der Waals surface area (Å²) in [6.45, 7) is 10.8. The molecule has 1 aliphatic carbocycles. The molecule has 3 rings (SSSR count). The Balaban J connectivity index is 1.46. The van der Waals surface area contributed by atoms with E-state index < -0.39 is 0 Å². The molecule has 2 heterocycles. The number of nitrogens with one attached hydrogen (secondary N) is 1. The molecule has 1 N–H and O–H groups in total. The first-order chi connectivity index (χ1) is 10.6. The van der Waals surface area contributed by atoms with E-state index in [2.05, 4.69) is 34.0 Å². The van der Waals surface area contributed by atoms with E-state index in [1.165, 1.54) is 25.7 Å². The van der Waals surface area contributed by atoms with Gasteiger partial charge in [-0.1, -0.05) is 0 Å². The van der Waals surface area contributed by atoms with E-state index in [-0.39, 0.29) is 0 Å². The van der Waals surface area contributed by atoms with Crippen molar-refractivity contribution in [3.05, 3.63) is 0 Å². The summed E-state index contributed by atoms with van der Waals surface area (Å²) in [5.74, 6) is 1.07. The smallest absolute Gasteiger partial charge is 0.193 e. The number of guanidine groups is 1. The highest BCUT2D eigenvalue weighted by atomic mass is 16.5. The highest BCUT2D eigenvalue weighted by Gasteiger charge is 2.42. The molecule has 1 unspecified atom stereocenters. The van der Waals surface area contributed by atoms with Gasteiger partial charge >= 0.3 is 0 Å². The van der Waals surface area contributed by atoms with Crippen molar-refractivity contribution in [3.8, 4) is 0 Å². The number of ether oxygens (including phenoxy) is 1. The molecule has 2 saturated heterocycles. The van der Waals surface area contributed by atoms with Gasteiger partial charge in [0, 0.05) is 57.3 Å². The lowest BCUT2D eigenvalue weighted by Crippen LogP contribution is -2.45. The van der Waals surface area contributed by atoms with Gasteiger partial charge < -0.3 is 15.0 Å². The van der Waals surface area contributed by atoms with Crippen LogP contribution in [0.25, 0.3) is 0 Å². The zero-order valence-electron chi connectivity index (χ0n) is 14.5. The molecule has 0 aromatic rings. The normalized spacial score (nSPS) is 29.3. The Hall–Kier alpha value is -0.810. The fourth-order valence-electron chi connectivity index (χ4n) is 3.98. The fourth-order valence-corrected chi connectivity index (χ4v) is 3.98. The Morgan fingerprint density at radius 3 is 2.82 bits per heavy atom. The maximum absolute atomic E-state index is 5.62. The standard InChI is InChI=1S/C17H32N4O/c1-14(2)21(15-4-5-15)10-8-19-16(18-3)20-9-6-17(12-20)7-11-22-13-17/h14-15H,4-13H2,1-3H3,(H,18,19). The SMILES string of the molecule is CN=C(NCCN(C(C)C)C1CC1)N1CCC2(CCOC2)C1. The van der Waals surface area contributed by atoms with Crippen LogP contribution >= 0.6 is 0 Å². The topological polar surface area (TPSA) is 40.1 Å². The number of hydrogen-bond acceptors (Lipinski definition) is 3. The van der Waals surface area contributed by atoms with Crippen LogP contribution in [-0.2, 0) is 4.74 Å². The van der Waals surface area contributed by atoms with Gasteiger partial charge in [-0.2, -0.15) is 0 Å². The Labute approximate surface area is 135 Å². The maximum Gasteiger partial charge on any atom is 0.193 e. The number of rotatable bonds is 5. The number of hydrogen-bond donors (Lipinski definition) is 1. The molecule has 2 aliphatic heterocycles. The molecule has 1 spiro atoms. The first-order valence-electron chi connectivity index (χ1n) is 8.93. The summed E-state index contributed by atoms with van der Waals surface area (Å²) in [7, 11) is 1.90.